The van der Waals surface area contributed by atoms with E-state index < -0.39 is 11.3 Å². The number of allylic oxidation sites excluding steroid dienone is 1. The molecule has 1 fully saturated rings. The molecule has 0 radical (unpaired) electrons. The molecule has 1 aliphatic rings. The van der Waals surface area contributed by atoms with Gasteiger partial charge in [-0.3, -0.25) is 9.59 Å². The number of hydrogen-bond acceptors (Lipinski definition) is 2. The third kappa shape index (κ3) is 4.46. The van der Waals surface area contributed by atoms with E-state index in [4.69, 9.17) is 5.73 Å². The largest absolute Gasteiger partial charge is 0.369 e. The summed E-state index contributed by atoms with van der Waals surface area (Å²) in [5, 5.41) is 0. The van der Waals surface area contributed by atoms with Gasteiger partial charge in [-0.1, -0.05) is 52.5 Å². The number of carbonyl (C=O) groups excluding carboxylic acids is 2. The van der Waals surface area contributed by atoms with E-state index in [0.29, 0.717) is 12.3 Å². The summed E-state index contributed by atoms with van der Waals surface area (Å²) < 4.78 is 0. The minimum absolute atomic E-state index is 0.162. The van der Waals surface area contributed by atoms with Crippen molar-refractivity contribution in [3.8, 4) is 0 Å². The maximum atomic E-state index is 12.7. The molecule has 0 aromatic heterocycles. The minimum Gasteiger partial charge on any atom is -0.369 e. The van der Waals surface area contributed by atoms with Crippen molar-refractivity contribution < 1.29 is 9.59 Å². The first-order valence-electron chi connectivity index (χ1n) is 7.72. The monoisotopic (exact) mass is 279 g/mol. The van der Waals surface area contributed by atoms with Crippen molar-refractivity contribution in [2.24, 2.45) is 28.9 Å². The van der Waals surface area contributed by atoms with E-state index >= 15 is 0 Å². The van der Waals surface area contributed by atoms with Crippen LogP contribution in [-0.2, 0) is 9.59 Å². The second-order valence-corrected chi connectivity index (χ2v) is 7.14. The van der Waals surface area contributed by atoms with Gasteiger partial charge in [0.2, 0.25) is 5.91 Å². The number of hydrogen-bond donors (Lipinski definition) is 1. The van der Waals surface area contributed by atoms with Gasteiger partial charge in [0.25, 0.3) is 0 Å². The Morgan fingerprint density at radius 2 is 1.80 bits per heavy atom. The second kappa shape index (κ2) is 7.05. The summed E-state index contributed by atoms with van der Waals surface area (Å²) in [5.74, 6) is -0.299. The summed E-state index contributed by atoms with van der Waals surface area (Å²) in [6.45, 7) is 9.46. The molecular weight excluding hydrogens is 250 g/mol. The molecule has 0 aromatic rings. The lowest BCUT2D eigenvalue weighted by Gasteiger charge is -2.30. The van der Waals surface area contributed by atoms with Crippen LogP contribution in [0.15, 0.2) is 12.7 Å². The maximum Gasteiger partial charge on any atom is 0.221 e. The molecule has 2 atom stereocenters. The lowest BCUT2D eigenvalue weighted by atomic mass is 9.72. The highest BCUT2D eigenvalue weighted by Gasteiger charge is 2.38. The number of primary amides is 1. The lowest BCUT2D eigenvalue weighted by Crippen LogP contribution is -2.40. The van der Waals surface area contributed by atoms with Crippen LogP contribution in [0.5, 0.6) is 0 Å². The Labute approximate surface area is 123 Å². The molecule has 0 heterocycles. The average molecular weight is 279 g/mol. The molecule has 114 valence electrons. The van der Waals surface area contributed by atoms with Crippen LogP contribution in [0.25, 0.3) is 0 Å². The van der Waals surface area contributed by atoms with Gasteiger partial charge in [0.05, 0.1) is 5.92 Å². The zero-order valence-electron chi connectivity index (χ0n) is 13.2. The van der Waals surface area contributed by atoms with Crippen molar-refractivity contribution in [1.29, 1.82) is 0 Å². The van der Waals surface area contributed by atoms with Gasteiger partial charge in [0.15, 0.2) is 0 Å². The van der Waals surface area contributed by atoms with E-state index in [1.165, 1.54) is 25.7 Å². The zero-order valence-corrected chi connectivity index (χ0v) is 13.2. The molecule has 0 aromatic carbocycles. The summed E-state index contributed by atoms with van der Waals surface area (Å²) in [4.78, 5) is 24.5. The fraction of sp³-hybridized carbons (Fsp3) is 0.765. The highest BCUT2D eigenvalue weighted by Crippen LogP contribution is 2.37. The first-order valence-corrected chi connectivity index (χ1v) is 7.72. The van der Waals surface area contributed by atoms with Crippen LogP contribution in [0.4, 0.5) is 0 Å². The van der Waals surface area contributed by atoms with Gasteiger partial charge in [-0.05, 0) is 18.8 Å². The van der Waals surface area contributed by atoms with Crippen molar-refractivity contribution in [3.05, 3.63) is 12.7 Å². The number of amides is 1. The molecule has 1 saturated carbocycles. The molecular formula is C17H29NO2. The molecule has 0 spiro atoms. The second-order valence-electron chi connectivity index (χ2n) is 7.14. The molecule has 0 unspecified atom stereocenters. The van der Waals surface area contributed by atoms with Crippen molar-refractivity contribution in [1.82, 2.24) is 0 Å². The number of nitrogens with two attached hydrogens (primary N) is 1. The van der Waals surface area contributed by atoms with Crippen molar-refractivity contribution in [2.45, 2.75) is 59.3 Å². The van der Waals surface area contributed by atoms with Crippen LogP contribution < -0.4 is 5.73 Å². The Hall–Kier alpha value is -1.12. The molecule has 0 bridgehead atoms. The van der Waals surface area contributed by atoms with Gasteiger partial charge in [-0.25, -0.2) is 0 Å². The Balaban J connectivity index is 2.94. The summed E-state index contributed by atoms with van der Waals surface area (Å²) in [7, 11) is 0. The third-order valence-corrected chi connectivity index (χ3v) is 4.41. The number of Topliss-reactive ketones (excluding diaryl/α,β-unsaturated/α-hetero) is 1. The summed E-state index contributed by atoms with van der Waals surface area (Å²) >= 11 is 0. The van der Waals surface area contributed by atoms with Crippen LogP contribution in [0.2, 0.25) is 0 Å². The molecule has 0 aliphatic heterocycles. The maximum absolute atomic E-state index is 12.7. The van der Waals surface area contributed by atoms with Crippen LogP contribution in [0.3, 0.4) is 0 Å². The van der Waals surface area contributed by atoms with E-state index in [1.807, 2.05) is 20.8 Å². The topological polar surface area (TPSA) is 60.2 Å². The van der Waals surface area contributed by atoms with Gasteiger partial charge < -0.3 is 5.73 Å². The predicted octanol–water partition coefficient (Wildman–Crippen LogP) is 3.48. The Bertz CT molecular complexity index is 362. The van der Waals surface area contributed by atoms with E-state index in [2.05, 4.69) is 6.58 Å². The summed E-state index contributed by atoms with van der Waals surface area (Å²) in [6.07, 6.45) is 7.83. The van der Waals surface area contributed by atoms with Crippen LogP contribution >= 0.6 is 0 Å². The SMILES string of the molecule is C=CC[C@H](C(N)=O)[C@@H](CC1CCCC1)C(=O)C(C)(C)C. The van der Waals surface area contributed by atoms with E-state index in [0.717, 1.165) is 6.42 Å². The van der Waals surface area contributed by atoms with Gasteiger partial charge in [0, 0.05) is 11.3 Å². The average Bonchev–Trinajstić information content (AvgIpc) is 2.84. The molecule has 2 N–H and O–H groups in total. The molecule has 1 amide bonds. The normalized spacial score (nSPS) is 19.6. The van der Waals surface area contributed by atoms with Crippen LogP contribution in [0.1, 0.15) is 59.3 Å². The van der Waals surface area contributed by atoms with Crippen molar-refractivity contribution in [2.75, 3.05) is 0 Å². The number of carbonyl (C=O) groups is 2. The quantitative estimate of drug-likeness (QED) is 0.725. The van der Waals surface area contributed by atoms with Gasteiger partial charge in [-0.2, -0.15) is 0 Å². The molecule has 3 heteroatoms. The number of ketones is 1. The standard InChI is InChI=1S/C17H29NO2/c1-5-8-13(16(18)20)14(15(19)17(2,3)4)11-12-9-6-7-10-12/h5,12-14H,1,6-11H2,2-4H3,(H2,18,20)/t13-,14+/m0/s1. The first-order chi connectivity index (χ1) is 9.27. The minimum atomic E-state index is -0.432. The zero-order chi connectivity index (χ0) is 15.3. The Kier molecular flexibility index (Phi) is 5.97. The Morgan fingerprint density at radius 3 is 2.20 bits per heavy atom. The fourth-order valence-electron chi connectivity index (χ4n) is 3.27. The van der Waals surface area contributed by atoms with Gasteiger partial charge in [0.1, 0.15) is 5.78 Å². The summed E-state index contributed by atoms with van der Waals surface area (Å²) in [5.41, 5.74) is 5.11. The van der Waals surface area contributed by atoms with Crippen LogP contribution in [-0.4, -0.2) is 11.7 Å². The highest BCUT2D eigenvalue weighted by molar-refractivity contribution is 5.91. The van der Waals surface area contributed by atoms with E-state index in [-0.39, 0.29) is 17.6 Å². The van der Waals surface area contributed by atoms with Crippen molar-refractivity contribution in [3.63, 3.8) is 0 Å². The van der Waals surface area contributed by atoms with Gasteiger partial charge >= 0.3 is 0 Å². The molecule has 0 saturated heterocycles. The lowest BCUT2D eigenvalue weighted by molar-refractivity contribution is -0.137. The molecule has 1 aliphatic carbocycles. The number of rotatable bonds is 7. The Morgan fingerprint density at radius 1 is 1.25 bits per heavy atom. The molecule has 1 rings (SSSR count). The first kappa shape index (κ1) is 16.9. The van der Waals surface area contributed by atoms with Gasteiger partial charge in [-0.15, -0.1) is 6.58 Å². The van der Waals surface area contributed by atoms with Crippen molar-refractivity contribution >= 4 is 11.7 Å². The van der Waals surface area contributed by atoms with E-state index in [1.54, 1.807) is 6.08 Å². The van der Waals surface area contributed by atoms with E-state index in [9.17, 15) is 9.59 Å². The molecule has 20 heavy (non-hydrogen) atoms. The van der Waals surface area contributed by atoms with Crippen LogP contribution in [0, 0.1) is 23.2 Å². The summed E-state index contributed by atoms with van der Waals surface area (Å²) in [6, 6.07) is 0. The smallest absolute Gasteiger partial charge is 0.221 e. The molecule has 3 nitrogen and oxygen atoms in total. The highest BCUT2D eigenvalue weighted by atomic mass is 16.1. The third-order valence-electron chi connectivity index (χ3n) is 4.41. The predicted molar refractivity (Wildman–Crippen MR) is 82.0 cm³/mol. The fourth-order valence-corrected chi connectivity index (χ4v) is 3.27.